The van der Waals surface area contributed by atoms with Gasteiger partial charge in [-0.2, -0.15) is 0 Å². The van der Waals surface area contributed by atoms with E-state index >= 15 is 0 Å². The molecule has 2 aliphatic rings. The number of halogens is 2. The van der Waals surface area contributed by atoms with Crippen molar-refractivity contribution in [2.75, 3.05) is 31.1 Å². The average Bonchev–Trinajstić information content (AvgIpc) is 2.66. The van der Waals surface area contributed by atoms with Crippen LogP contribution in [-0.4, -0.2) is 67.0 Å². The first-order valence-electron chi connectivity index (χ1n) is 10.3. The van der Waals surface area contributed by atoms with E-state index in [1.807, 2.05) is 0 Å². The molecular weight excluding hydrogens is 430 g/mol. The minimum Gasteiger partial charge on any atom is -0.444 e. The first-order valence-corrected chi connectivity index (χ1v) is 12.1. The zero-order valence-electron chi connectivity index (χ0n) is 17.9. The van der Waals surface area contributed by atoms with Crippen LogP contribution in [0.3, 0.4) is 0 Å². The highest BCUT2D eigenvalue weighted by Crippen LogP contribution is 2.32. The Labute approximate surface area is 181 Å². The number of piperazine rings is 1. The van der Waals surface area contributed by atoms with Crippen LogP contribution in [0, 0.1) is 17.6 Å². The predicted molar refractivity (Wildman–Crippen MR) is 110 cm³/mol. The van der Waals surface area contributed by atoms with Crippen LogP contribution in [0.4, 0.5) is 13.6 Å². The average molecular weight is 459 g/mol. The van der Waals surface area contributed by atoms with E-state index in [2.05, 4.69) is 0 Å². The molecule has 0 bridgehead atoms. The van der Waals surface area contributed by atoms with Crippen LogP contribution in [-0.2, 0) is 19.4 Å². The Hall–Kier alpha value is -2.23. The van der Waals surface area contributed by atoms with Crippen molar-refractivity contribution in [2.24, 2.45) is 5.92 Å². The number of hydrogen-bond donors (Lipinski definition) is 0. The number of rotatable bonds is 2. The molecule has 2 heterocycles. The van der Waals surface area contributed by atoms with Crippen molar-refractivity contribution in [1.29, 1.82) is 0 Å². The normalized spacial score (nSPS) is 22.3. The smallest absolute Gasteiger partial charge is 0.410 e. The van der Waals surface area contributed by atoms with Crippen LogP contribution < -0.4 is 0 Å². The number of amides is 2. The van der Waals surface area contributed by atoms with E-state index in [4.69, 9.17) is 4.74 Å². The quantitative estimate of drug-likeness (QED) is 0.681. The van der Waals surface area contributed by atoms with Crippen molar-refractivity contribution >= 4 is 21.8 Å². The molecule has 3 rings (SSSR count). The van der Waals surface area contributed by atoms with Crippen LogP contribution >= 0.6 is 0 Å². The van der Waals surface area contributed by atoms with Crippen LogP contribution in [0.1, 0.15) is 45.2 Å². The van der Waals surface area contributed by atoms with Gasteiger partial charge >= 0.3 is 6.09 Å². The molecule has 7 nitrogen and oxygen atoms in total. The van der Waals surface area contributed by atoms with Crippen LogP contribution in [0.25, 0.3) is 0 Å². The molecule has 0 aromatic heterocycles. The molecule has 2 fully saturated rings. The Kier molecular flexibility index (Phi) is 6.59. The maximum atomic E-state index is 14.6. The van der Waals surface area contributed by atoms with Gasteiger partial charge in [-0.25, -0.2) is 22.0 Å². The molecule has 2 amide bonds. The van der Waals surface area contributed by atoms with E-state index < -0.39 is 45.1 Å². The van der Waals surface area contributed by atoms with Crippen molar-refractivity contribution in [3.63, 3.8) is 0 Å². The van der Waals surface area contributed by atoms with E-state index in [0.29, 0.717) is 0 Å². The highest BCUT2D eigenvalue weighted by molar-refractivity contribution is 7.91. The monoisotopic (exact) mass is 458 g/mol. The van der Waals surface area contributed by atoms with E-state index in [-0.39, 0.29) is 55.5 Å². The number of benzene rings is 1. The highest BCUT2D eigenvalue weighted by atomic mass is 32.2. The van der Waals surface area contributed by atoms with E-state index in [0.717, 1.165) is 12.1 Å². The minimum absolute atomic E-state index is 0.00573. The second kappa shape index (κ2) is 8.72. The van der Waals surface area contributed by atoms with E-state index in [1.54, 1.807) is 20.8 Å². The van der Waals surface area contributed by atoms with Crippen molar-refractivity contribution in [3.05, 3.63) is 35.4 Å². The van der Waals surface area contributed by atoms with Crippen molar-refractivity contribution in [2.45, 2.75) is 45.3 Å². The number of ether oxygens (including phenoxy) is 1. The Morgan fingerprint density at radius 3 is 2.32 bits per heavy atom. The molecule has 2 aliphatic heterocycles. The summed E-state index contributed by atoms with van der Waals surface area (Å²) in [6, 6.07) is 2.31. The molecule has 10 heteroatoms. The zero-order chi connectivity index (χ0) is 23.0. The van der Waals surface area contributed by atoms with Gasteiger partial charge in [0.05, 0.1) is 17.5 Å². The van der Waals surface area contributed by atoms with Gasteiger partial charge < -0.3 is 14.5 Å². The molecule has 1 aromatic rings. The number of sulfone groups is 1. The number of hydrogen-bond acceptors (Lipinski definition) is 5. The fraction of sp³-hybridized carbons (Fsp3) is 0.619. The summed E-state index contributed by atoms with van der Waals surface area (Å²) in [4.78, 5) is 28.7. The molecule has 2 saturated heterocycles. The third-order valence-electron chi connectivity index (χ3n) is 5.54. The highest BCUT2D eigenvalue weighted by Gasteiger charge is 2.40. The SMILES string of the molecule is CC(C)(C)OC(=O)N1CCN(C(=O)C2CCS(=O)(=O)CC2)C(c2ccc(F)cc2F)C1. The molecule has 172 valence electrons. The minimum atomic E-state index is -3.14. The third kappa shape index (κ3) is 5.72. The maximum absolute atomic E-state index is 14.6. The first-order chi connectivity index (χ1) is 14.4. The third-order valence-corrected chi connectivity index (χ3v) is 7.26. The van der Waals surface area contributed by atoms with Crippen molar-refractivity contribution in [1.82, 2.24) is 9.80 Å². The summed E-state index contributed by atoms with van der Waals surface area (Å²) < 4.78 is 56.9. The van der Waals surface area contributed by atoms with Gasteiger partial charge in [-0.3, -0.25) is 4.79 Å². The van der Waals surface area contributed by atoms with Crippen molar-refractivity contribution < 1.29 is 31.5 Å². The molecule has 31 heavy (non-hydrogen) atoms. The molecule has 1 unspecified atom stereocenters. The summed E-state index contributed by atoms with van der Waals surface area (Å²) in [6.07, 6.45) is -0.145. The number of carbonyl (C=O) groups excluding carboxylic acids is 2. The molecule has 1 aromatic carbocycles. The van der Waals surface area contributed by atoms with Gasteiger partial charge in [0.1, 0.15) is 27.1 Å². The van der Waals surface area contributed by atoms with Crippen LogP contribution in [0.15, 0.2) is 18.2 Å². The van der Waals surface area contributed by atoms with Gasteiger partial charge in [0.25, 0.3) is 0 Å². The molecule has 1 atom stereocenters. The summed E-state index contributed by atoms with van der Waals surface area (Å²) >= 11 is 0. The summed E-state index contributed by atoms with van der Waals surface area (Å²) in [5.74, 6) is -2.42. The second-order valence-electron chi connectivity index (χ2n) is 9.07. The van der Waals surface area contributed by atoms with E-state index in [9.17, 15) is 26.8 Å². The van der Waals surface area contributed by atoms with Crippen LogP contribution in [0.2, 0.25) is 0 Å². The molecular formula is C21H28F2N2O5S. The largest absolute Gasteiger partial charge is 0.444 e. The van der Waals surface area contributed by atoms with Crippen LogP contribution in [0.5, 0.6) is 0 Å². The lowest BCUT2D eigenvalue weighted by atomic mass is 9.96. The second-order valence-corrected chi connectivity index (χ2v) is 11.4. The number of nitrogens with zero attached hydrogens (tertiary/aromatic N) is 2. The summed E-state index contributed by atoms with van der Waals surface area (Å²) in [6.45, 7) is 5.54. The summed E-state index contributed by atoms with van der Waals surface area (Å²) in [5.41, 5.74) is -0.611. The van der Waals surface area contributed by atoms with Gasteiger partial charge in [0.2, 0.25) is 5.91 Å². The molecule has 0 aliphatic carbocycles. The first kappa shape index (κ1) is 23.4. The Bertz CT molecular complexity index is 947. The zero-order valence-corrected chi connectivity index (χ0v) is 18.8. The standard InChI is InChI=1S/C21H28F2N2O5S/c1-21(2,3)30-20(27)24-8-9-25(19(26)14-6-10-31(28,29)11-7-14)18(13-24)16-5-4-15(22)12-17(16)23/h4-5,12,14,18H,6-11,13H2,1-3H3. The van der Waals surface area contributed by atoms with Gasteiger partial charge in [-0.15, -0.1) is 0 Å². The topological polar surface area (TPSA) is 84.0 Å². The van der Waals surface area contributed by atoms with Gasteiger partial charge in [-0.05, 0) is 39.7 Å². The van der Waals surface area contributed by atoms with E-state index in [1.165, 1.54) is 15.9 Å². The fourth-order valence-corrected chi connectivity index (χ4v) is 5.44. The molecule has 0 radical (unpaired) electrons. The van der Waals surface area contributed by atoms with Gasteiger partial charge in [-0.1, -0.05) is 6.07 Å². The lowest BCUT2D eigenvalue weighted by molar-refractivity contribution is -0.141. The maximum Gasteiger partial charge on any atom is 0.410 e. The summed E-state index contributed by atoms with van der Waals surface area (Å²) in [7, 11) is -3.14. The molecule has 0 saturated carbocycles. The molecule has 0 N–H and O–H groups in total. The van der Waals surface area contributed by atoms with Gasteiger partial charge in [0, 0.05) is 37.2 Å². The Morgan fingerprint density at radius 2 is 1.74 bits per heavy atom. The Morgan fingerprint density at radius 1 is 1.10 bits per heavy atom. The predicted octanol–water partition coefficient (Wildman–Crippen LogP) is 2.91. The number of carbonyl (C=O) groups is 2. The molecule has 0 spiro atoms. The van der Waals surface area contributed by atoms with Crippen molar-refractivity contribution in [3.8, 4) is 0 Å². The lowest BCUT2D eigenvalue weighted by Gasteiger charge is -2.43. The lowest BCUT2D eigenvalue weighted by Crippen LogP contribution is -2.55. The van der Waals surface area contributed by atoms with Gasteiger partial charge in [0.15, 0.2) is 0 Å². The fourth-order valence-electron chi connectivity index (χ4n) is 3.95. The Balaban J connectivity index is 1.86. The summed E-state index contributed by atoms with van der Waals surface area (Å²) in [5, 5.41) is 0.